The Balaban J connectivity index is 1.56. The van der Waals surface area contributed by atoms with Gasteiger partial charge in [-0.15, -0.1) is 0 Å². The van der Waals surface area contributed by atoms with Gasteiger partial charge in [0.2, 0.25) is 5.91 Å². The molecular formula is C18H19FN2O3. The van der Waals surface area contributed by atoms with E-state index in [0.717, 1.165) is 5.56 Å². The zero-order valence-corrected chi connectivity index (χ0v) is 13.4. The van der Waals surface area contributed by atoms with Gasteiger partial charge in [0.25, 0.3) is 5.91 Å². The third-order valence-electron chi connectivity index (χ3n) is 4.30. The van der Waals surface area contributed by atoms with Gasteiger partial charge in [-0.1, -0.05) is 6.07 Å². The van der Waals surface area contributed by atoms with E-state index in [1.807, 2.05) is 0 Å². The fourth-order valence-corrected chi connectivity index (χ4v) is 2.87. The number of nitrogens with zero attached hydrogens (tertiary/aromatic N) is 1. The van der Waals surface area contributed by atoms with Crippen LogP contribution in [0.2, 0.25) is 0 Å². The average molecular weight is 330 g/mol. The highest BCUT2D eigenvalue weighted by Crippen LogP contribution is 2.22. The van der Waals surface area contributed by atoms with Crippen molar-refractivity contribution in [3.63, 3.8) is 0 Å². The smallest absolute Gasteiger partial charge is 0.257 e. The predicted molar refractivity (Wildman–Crippen MR) is 87.1 cm³/mol. The van der Waals surface area contributed by atoms with Crippen molar-refractivity contribution >= 4 is 17.5 Å². The minimum absolute atomic E-state index is 0.0906. The summed E-state index contributed by atoms with van der Waals surface area (Å²) in [6.45, 7) is 2.79. The summed E-state index contributed by atoms with van der Waals surface area (Å²) in [6.07, 6.45) is 4.00. The van der Waals surface area contributed by atoms with Crippen molar-refractivity contribution in [1.82, 2.24) is 4.90 Å². The number of carbonyl (C=O) groups is 2. The second-order valence-corrected chi connectivity index (χ2v) is 6.05. The van der Waals surface area contributed by atoms with E-state index < -0.39 is 5.82 Å². The number of benzene rings is 1. The van der Waals surface area contributed by atoms with Gasteiger partial charge in [-0.25, -0.2) is 4.39 Å². The monoisotopic (exact) mass is 330 g/mol. The third-order valence-corrected chi connectivity index (χ3v) is 4.30. The first kappa shape index (κ1) is 16.2. The van der Waals surface area contributed by atoms with Crippen LogP contribution in [-0.4, -0.2) is 29.8 Å². The Labute approximate surface area is 139 Å². The van der Waals surface area contributed by atoms with Crippen molar-refractivity contribution in [3.05, 3.63) is 53.7 Å². The first-order chi connectivity index (χ1) is 11.5. The third kappa shape index (κ3) is 3.48. The molecule has 0 bridgehead atoms. The Bertz CT molecular complexity index is 735. The van der Waals surface area contributed by atoms with Crippen molar-refractivity contribution in [2.75, 3.05) is 18.4 Å². The van der Waals surface area contributed by atoms with E-state index in [-0.39, 0.29) is 23.4 Å². The Hall–Kier alpha value is -2.63. The van der Waals surface area contributed by atoms with Gasteiger partial charge < -0.3 is 14.6 Å². The van der Waals surface area contributed by atoms with E-state index >= 15 is 0 Å². The van der Waals surface area contributed by atoms with Gasteiger partial charge in [0.1, 0.15) is 12.1 Å². The number of rotatable bonds is 3. The number of carbonyl (C=O) groups excluding carboxylic acids is 2. The molecule has 0 aliphatic carbocycles. The summed E-state index contributed by atoms with van der Waals surface area (Å²) in [6, 6.07) is 6.34. The van der Waals surface area contributed by atoms with E-state index in [0.29, 0.717) is 31.5 Å². The molecule has 0 unspecified atom stereocenters. The van der Waals surface area contributed by atoms with Crippen molar-refractivity contribution in [2.45, 2.75) is 19.8 Å². The zero-order valence-electron chi connectivity index (χ0n) is 13.4. The standard InChI is InChI=1S/C18H19FN2O3/c1-12-2-3-16(15(19)10-12)20-17(22)13-4-7-21(8-5-13)18(23)14-6-9-24-11-14/h2-3,6,9-11,13H,4-5,7-8H2,1H3,(H,20,22). The van der Waals surface area contributed by atoms with Crippen molar-refractivity contribution < 1.29 is 18.4 Å². The van der Waals surface area contributed by atoms with Crippen LogP contribution in [0.25, 0.3) is 0 Å². The van der Waals surface area contributed by atoms with Crippen LogP contribution in [0.3, 0.4) is 0 Å². The summed E-state index contributed by atoms with van der Waals surface area (Å²) in [4.78, 5) is 26.2. The van der Waals surface area contributed by atoms with Gasteiger partial charge in [0.15, 0.2) is 0 Å². The quantitative estimate of drug-likeness (QED) is 0.940. The molecule has 0 radical (unpaired) electrons. The van der Waals surface area contributed by atoms with E-state index in [1.54, 1.807) is 30.0 Å². The molecule has 2 heterocycles. The number of anilines is 1. The fourth-order valence-electron chi connectivity index (χ4n) is 2.87. The Morgan fingerprint density at radius 3 is 2.62 bits per heavy atom. The Morgan fingerprint density at radius 1 is 1.25 bits per heavy atom. The second-order valence-electron chi connectivity index (χ2n) is 6.05. The summed E-state index contributed by atoms with van der Waals surface area (Å²) < 4.78 is 18.8. The molecule has 1 saturated heterocycles. The Kier molecular flexibility index (Phi) is 4.64. The molecule has 0 spiro atoms. The molecule has 126 valence electrons. The van der Waals surface area contributed by atoms with Gasteiger partial charge in [0.05, 0.1) is 17.5 Å². The topological polar surface area (TPSA) is 62.6 Å². The number of nitrogens with one attached hydrogen (secondary N) is 1. The lowest BCUT2D eigenvalue weighted by atomic mass is 9.95. The highest BCUT2D eigenvalue weighted by atomic mass is 19.1. The van der Waals surface area contributed by atoms with Crippen LogP contribution in [0.5, 0.6) is 0 Å². The van der Waals surface area contributed by atoms with Crippen LogP contribution >= 0.6 is 0 Å². The van der Waals surface area contributed by atoms with Crippen LogP contribution in [0, 0.1) is 18.7 Å². The summed E-state index contributed by atoms with van der Waals surface area (Å²) in [5.41, 5.74) is 1.51. The molecule has 6 heteroatoms. The second kappa shape index (κ2) is 6.86. The van der Waals surface area contributed by atoms with Crippen LogP contribution in [0.4, 0.5) is 10.1 Å². The molecule has 1 aliphatic heterocycles. The highest BCUT2D eigenvalue weighted by molar-refractivity contribution is 5.95. The number of hydrogen-bond donors (Lipinski definition) is 1. The average Bonchev–Trinajstić information content (AvgIpc) is 3.11. The van der Waals surface area contributed by atoms with Crippen molar-refractivity contribution in [1.29, 1.82) is 0 Å². The van der Waals surface area contributed by atoms with E-state index in [4.69, 9.17) is 4.42 Å². The first-order valence-corrected chi connectivity index (χ1v) is 7.93. The lowest BCUT2D eigenvalue weighted by molar-refractivity contribution is -0.121. The number of amides is 2. The molecule has 2 aromatic rings. The van der Waals surface area contributed by atoms with Gasteiger partial charge in [-0.3, -0.25) is 9.59 Å². The first-order valence-electron chi connectivity index (χ1n) is 7.93. The normalized spacial score (nSPS) is 15.3. The van der Waals surface area contributed by atoms with Crippen LogP contribution in [-0.2, 0) is 4.79 Å². The summed E-state index contributed by atoms with van der Waals surface area (Å²) >= 11 is 0. The molecule has 5 nitrogen and oxygen atoms in total. The van der Waals surface area contributed by atoms with Crippen LogP contribution in [0.15, 0.2) is 41.2 Å². The molecule has 1 N–H and O–H groups in total. The lowest BCUT2D eigenvalue weighted by Crippen LogP contribution is -2.41. The Morgan fingerprint density at radius 2 is 2.00 bits per heavy atom. The van der Waals surface area contributed by atoms with Gasteiger partial charge in [0, 0.05) is 19.0 Å². The molecule has 0 saturated carbocycles. The maximum atomic E-state index is 13.8. The van der Waals surface area contributed by atoms with Gasteiger partial charge in [-0.05, 0) is 43.5 Å². The molecule has 1 aliphatic rings. The molecule has 3 rings (SSSR count). The number of piperidine rings is 1. The largest absolute Gasteiger partial charge is 0.472 e. The number of hydrogen-bond acceptors (Lipinski definition) is 3. The van der Waals surface area contributed by atoms with Crippen molar-refractivity contribution in [2.24, 2.45) is 5.92 Å². The predicted octanol–water partition coefficient (Wildman–Crippen LogP) is 3.22. The SMILES string of the molecule is Cc1ccc(NC(=O)C2CCN(C(=O)c3ccoc3)CC2)c(F)c1. The van der Waals surface area contributed by atoms with Crippen molar-refractivity contribution in [3.8, 4) is 0 Å². The summed E-state index contributed by atoms with van der Waals surface area (Å²) in [7, 11) is 0. The minimum Gasteiger partial charge on any atom is -0.472 e. The van der Waals surface area contributed by atoms with Gasteiger partial charge >= 0.3 is 0 Å². The molecule has 1 aromatic carbocycles. The molecule has 24 heavy (non-hydrogen) atoms. The summed E-state index contributed by atoms with van der Waals surface area (Å²) in [5, 5.41) is 2.65. The number of aryl methyl sites for hydroxylation is 1. The maximum absolute atomic E-state index is 13.8. The minimum atomic E-state index is -0.434. The molecule has 2 amide bonds. The number of likely N-dealkylation sites (tertiary alicyclic amines) is 1. The lowest BCUT2D eigenvalue weighted by Gasteiger charge is -2.31. The fraction of sp³-hybridized carbons (Fsp3) is 0.333. The van der Waals surface area contributed by atoms with Crippen LogP contribution in [0.1, 0.15) is 28.8 Å². The van der Waals surface area contributed by atoms with Crippen LogP contribution < -0.4 is 5.32 Å². The molecule has 1 fully saturated rings. The number of furan rings is 1. The number of halogens is 1. The highest BCUT2D eigenvalue weighted by Gasteiger charge is 2.28. The zero-order chi connectivity index (χ0) is 17.1. The molecule has 0 atom stereocenters. The molecule has 1 aromatic heterocycles. The summed E-state index contributed by atoms with van der Waals surface area (Å²) in [5.74, 6) is -0.949. The van der Waals surface area contributed by atoms with E-state index in [9.17, 15) is 14.0 Å². The molecular weight excluding hydrogens is 311 g/mol. The maximum Gasteiger partial charge on any atom is 0.257 e. The van der Waals surface area contributed by atoms with Gasteiger partial charge in [-0.2, -0.15) is 0 Å². The van der Waals surface area contributed by atoms with E-state index in [1.165, 1.54) is 18.6 Å². The van der Waals surface area contributed by atoms with E-state index in [2.05, 4.69) is 5.32 Å².